The van der Waals surface area contributed by atoms with E-state index in [1.807, 2.05) is 12.1 Å². The van der Waals surface area contributed by atoms with E-state index in [0.717, 1.165) is 23.8 Å². The van der Waals surface area contributed by atoms with E-state index in [0.29, 0.717) is 5.92 Å². The Morgan fingerprint density at radius 3 is 2.88 bits per heavy atom. The van der Waals surface area contributed by atoms with Crippen molar-refractivity contribution in [2.24, 2.45) is 0 Å². The molecule has 0 spiro atoms. The van der Waals surface area contributed by atoms with Crippen LogP contribution in [0.2, 0.25) is 0 Å². The number of hydrogen-bond donors (Lipinski definition) is 0. The maximum absolute atomic E-state index is 4.31. The summed E-state index contributed by atoms with van der Waals surface area (Å²) in [5.41, 5.74) is 1.10. The molecule has 0 N–H and O–H groups in total. The average molecular weight is 214 g/mol. The van der Waals surface area contributed by atoms with Crippen LogP contribution in [0, 0.1) is 0 Å². The van der Waals surface area contributed by atoms with Crippen molar-refractivity contribution >= 4 is 0 Å². The van der Waals surface area contributed by atoms with Gasteiger partial charge in [0.05, 0.1) is 0 Å². The van der Waals surface area contributed by atoms with Crippen LogP contribution < -0.4 is 0 Å². The van der Waals surface area contributed by atoms with Crippen LogP contribution in [0.4, 0.5) is 0 Å². The molecule has 0 radical (unpaired) electrons. The Kier molecular flexibility index (Phi) is 2.20. The molecule has 0 amide bonds. The van der Waals surface area contributed by atoms with Crippen LogP contribution in [0.15, 0.2) is 24.5 Å². The molecule has 4 nitrogen and oxygen atoms in total. The third-order valence-corrected chi connectivity index (χ3v) is 3.18. The lowest BCUT2D eigenvalue weighted by atomic mass is 10.0. The van der Waals surface area contributed by atoms with Gasteiger partial charge in [0.1, 0.15) is 5.82 Å². The van der Waals surface area contributed by atoms with Crippen molar-refractivity contribution in [3.8, 4) is 11.4 Å². The summed E-state index contributed by atoms with van der Waals surface area (Å²) in [6, 6.07) is 3.97. The second-order valence-corrected chi connectivity index (χ2v) is 4.31. The van der Waals surface area contributed by atoms with Crippen molar-refractivity contribution in [1.82, 2.24) is 19.7 Å². The van der Waals surface area contributed by atoms with Gasteiger partial charge in [-0.1, -0.05) is 6.92 Å². The summed E-state index contributed by atoms with van der Waals surface area (Å²) in [4.78, 5) is 4.02. The van der Waals surface area contributed by atoms with Crippen molar-refractivity contribution in [3.05, 3.63) is 30.4 Å². The number of rotatable bonds is 1. The van der Waals surface area contributed by atoms with E-state index in [1.54, 1.807) is 12.4 Å². The molecule has 82 valence electrons. The second kappa shape index (κ2) is 3.70. The van der Waals surface area contributed by atoms with Gasteiger partial charge in [-0.05, 0) is 25.0 Å². The van der Waals surface area contributed by atoms with E-state index in [9.17, 15) is 0 Å². The van der Waals surface area contributed by atoms with Crippen molar-refractivity contribution in [2.75, 3.05) is 0 Å². The van der Waals surface area contributed by atoms with Crippen molar-refractivity contribution in [3.63, 3.8) is 0 Å². The molecule has 0 aromatic carbocycles. The Bertz CT molecular complexity index is 489. The lowest BCUT2D eigenvalue weighted by Gasteiger charge is -2.20. The zero-order valence-electron chi connectivity index (χ0n) is 9.30. The van der Waals surface area contributed by atoms with Gasteiger partial charge in [0.15, 0.2) is 5.82 Å². The van der Waals surface area contributed by atoms with Crippen LogP contribution in [0.3, 0.4) is 0 Å². The van der Waals surface area contributed by atoms with E-state index in [4.69, 9.17) is 0 Å². The van der Waals surface area contributed by atoms with E-state index in [2.05, 4.69) is 26.7 Å². The molecule has 0 bridgehead atoms. The maximum Gasteiger partial charge on any atom is 0.164 e. The Hall–Kier alpha value is -1.71. The zero-order chi connectivity index (χ0) is 11.0. The highest BCUT2D eigenvalue weighted by Gasteiger charge is 2.22. The van der Waals surface area contributed by atoms with Crippen LogP contribution in [-0.2, 0) is 6.54 Å². The van der Waals surface area contributed by atoms with Crippen molar-refractivity contribution in [1.29, 1.82) is 0 Å². The van der Waals surface area contributed by atoms with Gasteiger partial charge < -0.3 is 4.57 Å². The summed E-state index contributed by atoms with van der Waals surface area (Å²) in [6.07, 6.45) is 6.02. The fourth-order valence-corrected chi connectivity index (χ4v) is 2.30. The minimum absolute atomic E-state index is 0.525. The molecule has 4 heteroatoms. The lowest BCUT2D eigenvalue weighted by molar-refractivity contribution is 0.466. The van der Waals surface area contributed by atoms with Crippen LogP contribution >= 0.6 is 0 Å². The predicted molar refractivity (Wildman–Crippen MR) is 60.9 cm³/mol. The second-order valence-electron chi connectivity index (χ2n) is 4.31. The molecule has 1 unspecified atom stereocenters. The predicted octanol–water partition coefficient (Wildman–Crippen LogP) is 2.24. The molecular formula is C12H14N4. The number of pyridine rings is 1. The summed E-state index contributed by atoms with van der Waals surface area (Å²) in [5, 5.41) is 8.61. The molecule has 3 rings (SSSR count). The standard InChI is InChI=1S/C12H14N4/c1-9-3-2-8-16-11(9)14-15-12(16)10-4-6-13-7-5-10/h4-7,9H,2-3,8H2,1H3. The van der Waals surface area contributed by atoms with Crippen LogP contribution in [0.1, 0.15) is 31.5 Å². The average Bonchev–Trinajstić information content (AvgIpc) is 2.75. The van der Waals surface area contributed by atoms with E-state index < -0.39 is 0 Å². The fourth-order valence-electron chi connectivity index (χ4n) is 2.30. The largest absolute Gasteiger partial charge is 0.311 e. The Morgan fingerprint density at radius 1 is 1.25 bits per heavy atom. The van der Waals surface area contributed by atoms with Crippen molar-refractivity contribution in [2.45, 2.75) is 32.2 Å². The fraction of sp³-hybridized carbons (Fsp3) is 0.417. The molecule has 0 fully saturated rings. The molecule has 0 aliphatic carbocycles. The SMILES string of the molecule is CC1CCCn2c(-c3ccncc3)nnc21. The zero-order valence-corrected chi connectivity index (χ0v) is 9.30. The summed E-state index contributed by atoms with van der Waals surface area (Å²) in [6.45, 7) is 3.25. The summed E-state index contributed by atoms with van der Waals surface area (Å²) >= 11 is 0. The molecule has 1 atom stereocenters. The molecule has 0 saturated carbocycles. The van der Waals surface area contributed by atoms with E-state index >= 15 is 0 Å². The Balaban J connectivity index is 2.10. The number of aromatic nitrogens is 4. The monoisotopic (exact) mass is 214 g/mol. The first-order valence-corrected chi connectivity index (χ1v) is 5.70. The van der Waals surface area contributed by atoms with Gasteiger partial charge in [0, 0.05) is 30.4 Å². The number of hydrogen-bond acceptors (Lipinski definition) is 3. The van der Waals surface area contributed by atoms with Crippen LogP contribution in [0.5, 0.6) is 0 Å². The third-order valence-electron chi connectivity index (χ3n) is 3.18. The summed E-state index contributed by atoms with van der Waals surface area (Å²) in [5.74, 6) is 2.62. The Labute approximate surface area is 94.4 Å². The van der Waals surface area contributed by atoms with Gasteiger partial charge in [0.25, 0.3) is 0 Å². The number of nitrogens with zero attached hydrogens (tertiary/aromatic N) is 4. The van der Waals surface area contributed by atoms with Gasteiger partial charge in [-0.15, -0.1) is 10.2 Å². The third kappa shape index (κ3) is 1.41. The van der Waals surface area contributed by atoms with Crippen LogP contribution in [-0.4, -0.2) is 19.7 Å². The first kappa shape index (κ1) is 9.51. The molecule has 2 aromatic heterocycles. The smallest absolute Gasteiger partial charge is 0.164 e. The van der Waals surface area contributed by atoms with Gasteiger partial charge >= 0.3 is 0 Å². The topological polar surface area (TPSA) is 43.6 Å². The van der Waals surface area contributed by atoms with Crippen LogP contribution in [0.25, 0.3) is 11.4 Å². The molecular weight excluding hydrogens is 200 g/mol. The van der Waals surface area contributed by atoms with Crippen molar-refractivity contribution < 1.29 is 0 Å². The molecule has 3 heterocycles. The molecule has 2 aromatic rings. The van der Waals surface area contributed by atoms with E-state index in [-0.39, 0.29) is 0 Å². The Morgan fingerprint density at radius 2 is 2.06 bits per heavy atom. The highest BCUT2D eigenvalue weighted by molar-refractivity contribution is 5.54. The molecule has 16 heavy (non-hydrogen) atoms. The normalized spacial score (nSPS) is 19.4. The maximum atomic E-state index is 4.31. The highest BCUT2D eigenvalue weighted by Crippen LogP contribution is 2.29. The minimum Gasteiger partial charge on any atom is -0.311 e. The van der Waals surface area contributed by atoms with Gasteiger partial charge in [-0.2, -0.15) is 0 Å². The number of fused-ring (bicyclic) bond motifs is 1. The lowest BCUT2D eigenvalue weighted by Crippen LogP contribution is -2.14. The van der Waals surface area contributed by atoms with Gasteiger partial charge in [0.2, 0.25) is 0 Å². The minimum atomic E-state index is 0.525. The van der Waals surface area contributed by atoms with Gasteiger partial charge in [-0.25, -0.2) is 0 Å². The van der Waals surface area contributed by atoms with Gasteiger partial charge in [-0.3, -0.25) is 4.98 Å². The highest BCUT2D eigenvalue weighted by atomic mass is 15.3. The molecule has 1 aliphatic rings. The molecule has 1 aliphatic heterocycles. The first-order valence-electron chi connectivity index (χ1n) is 5.70. The quantitative estimate of drug-likeness (QED) is 0.731. The van der Waals surface area contributed by atoms with E-state index in [1.165, 1.54) is 12.8 Å². The summed E-state index contributed by atoms with van der Waals surface area (Å²) in [7, 11) is 0. The molecule has 0 saturated heterocycles. The summed E-state index contributed by atoms with van der Waals surface area (Å²) < 4.78 is 2.24. The first-order chi connectivity index (χ1) is 7.86.